The van der Waals surface area contributed by atoms with Crippen LogP contribution in [0.3, 0.4) is 0 Å². The van der Waals surface area contributed by atoms with Gasteiger partial charge in [-0.15, -0.1) is 0 Å². The van der Waals surface area contributed by atoms with E-state index >= 15 is 0 Å². The predicted molar refractivity (Wildman–Crippen MR) is 86.2 cm³/mol. The lowest BCUT2D eigenvalue weighted by Gasteiger charge is -2.42. The van der Waals surface area contributed by atoms with Crippen LogP contribution in [0.1, 0.15) is 45.9 Å². The van der Waals surface area contributed by atoms with Crippen LogP contribution < -0.4 is 0 Å². The summed E-state index contributed by atoms with van der Waals surface area (Å²) in [6.45, 7) is 11.1. The fourth-order valence-corrected chi connectivity index (χ4v) is 3.94. The Morgan fingerprint density at radius 3 is 2.82 bits per heavy atom. The summed E-state index contributed by atoms with van der Waals surface area (Å²) in [4.78, 5) is 25.0. The molecule has 1 spiro atoms. The van der Waals surface area contributed by atoms with Crippen molar-refractivity contribution >= 4 is 5.91 Å². The lowest BCUT2D eigenvalue weighted by Crippen LogP contribution is -2.52. The molecule has 1 aromatic heterocycles. The molecule has 0 aliphatic carbocycles. The number of imidazole rings is 1. The van der Waals surface area contributed by atoms with E-state index in [0.717, 1.165) is 57.8 Å². The number of nitrogens with zero attached hydrogens (tertiary/aromatic N) is 3. The Morgan fingerprint density at radius 1 is 1.32 bits per heavy atom. The molecule has 5 nitrogen and oxygen atoms in total. The van der Waals surface area contributed by atoms with Crippen molar-refractivity contribution in [3.05, 3.63) is 18.2 Å². The number of aromatic amines is 1. The van der Waals surface area contributed by atoms with Gasteiger partial charge in [-0.25, -0.2) is 4.98 Å². The Hall–Kier alpha value is -1.36. The Labute approximate surface area is 133 Å². The highest BCUT2D eigenvalue weighted by Crippen LogP contribution is 2.41. The summed E-state index contributed by atoms with van der Waals surface area (Å²) in [5.41, 5.74) is 0.0245. The SMILES string of the molecule is CC(C)(C)CN1CCCC2(CCN(Cc3ncc[nH]3)C2)C1=O. The van der Waals surface area contributed by atoms with Crippen LogP contribution in [0.5, 0.6) is 0 Å². The minimum atomic E-state index is -0.143. The van der Waals surface area contributed by atoms with Crippen LogP contribution in [0.2, 0.25) is 0 Å². The Bertz CT molecular complexity index is 519. The molecule has 0 aromatic carbocycles. The van der Waals surface area contributed by atoms with Gasteiger partial charge in [0.15, 0.2) is 0 Å². The van der Waals surface area contributed by atoms with Gasteiger partial charge in [0, 0.05) is 32.0 Å². The molecular formula is C17H28N4O. The minimum absolute atomic E-state index is 0.143. The summed E-state index contributed by atoms with van der Waals surface area (Å²) in [6, 6.07) is 0. The lowest BCUT2D eigenvalue weighted by atomic mass is 9.77. The van der Waals surface area contributed by atoms with Crippen LogP contribution in [0, 0.1) is 10.8 Å². The molecule has 22 heavy (non-hydrogen) atoms. The first-order valence-corrected chi connectivity index (χ1v) is 8.38. The molecule has 1 aromatic rings. The van der Waals surface area contributed by atoms with Crippen molar-refractivity contribution in [2.45, 2.75) is 46.6 Å². The molecule has 2 fully saturated rings. The third-order valence-corrected chi connectivity index (χ3v) is 4.85. The summed E-state index contributed by atoms with van der Waals surface area (Å²) in [5, 5.41) is 0. The molecule has 2 saturated heterocycles. The summed E-state index contributed by atoms with van der Waals surface area (Å²) in [6.07, 6.45) is 6.82. The quantitative estimate of drug-likeness (QED) is 0.932. The number of carbonyl (C=O) groups is 1. The zero-order valence-corrected chi connectivity index (χ0v) is 14.1. The Balaban J connectivity index is 1.66. The first-order valence-electron chi connectivity index (χ1n) is 8.38. The fraction of sp³-hybridized carbons (Fsp3) is 0.765. The molecule has 2 aliphatic rings. The van der Waals surface area contributed by atoms with E-state index in [0.29, 0.717) is 5.91 Å². The van der Waals surface area contributed by atoms with Crippen LogP contribution >= 0.6 is 0 Å². The van der Waals surface area contributed by atoms with E-state index < -0.39 is 0 Å². The Morgan fingerprint density at radius 2 is 2.14 bits per heavy atom. The fourth-order valence-electron chi connectivity index (χ4n) is 3.94. The molecule has 5 heteroatoms. The van der Waals surface area contributed by atoms with E-state index in [1.807, 2.05) is 6.20 Å². The predicted octanol–water partition coefficient (Wildman–Crippen LogP) is 2.27. The largest absolute Gasteiger partial charge is 0.348 e. The number of carbonyl (C=O) groups excluding carboxylic acids is 1. The van der Waals surface area contributed by atoms with Gasteiger partial charge in [-0.2, -0.15) is 0 Å². The number of hydrogen-bond acceptors (Lipinski definition) is 3. The van der Waals surface area contributed by atoms with Gasteiger partial charge in [-0.1, -0.05) is 20.8 Å². The maximum atomic E-state index is 13.1. The van der Waals surface area contributed by atoms with Gasteiger partial charge in [0.1, 0.15) is 5.82 Å². The minimum Gasteiger partial charge on any atom is -0.348 e. The second-order valence-corrected chi connectivity index (χ2v) is 8.17. The van der Waals surface area contributed by atoms with Gasteiger partial charge in [0.25, 0.3) is 0 Å². The topological polar surface area (TPSA) is 52.2 Å². The van der Waals surface area contributed by atoms with Crippen molar-refractivity contribution < 1.29 is 4.79 Å². The maximum Gasteiger partial charge on any atom is 0.230 e. The summed E-state index contributed by atoms with van der Waals surface area (Å²) < 4.78 is 0. The number of H-pyrrole nitrogens is 1. The van der Waals surface area contributed by atoms with Crippen LogP contribution in [0.25, 0.3) is 0 Å². The zero-order chi connectivity index (χ0) is 15.8. The molecule has 0 bridgehead atoms. The van der Waals surface area contributed by atoms with Gasteiger partial charge in [-0.3, -0.25) is 9.69 Å². The molecule has 122 valence electrons. The highest BCUT2D eigenvalue weighted by atomic mass is 16.2. The van der Waals surface area contributed by atoms with Gasteiger partial charge in [-0.05, 0) is 31.2 Å². The lowest BCUT2D eigenvalue weighted by molar-refractivity contribution is -0.147. The van der Waals surface area contributed by atoms with Crippen molar-refractivity contribution in [3.63, 3.8) is 0 Å². The smallest absolute Gasteiger partial charge is 0.230 e. The third-order valence-electron chi connectivity index (χ3n) is 4.85. The summed E-state index contributed by atoms with van der Waals surface area (Å²) in [5.74, 6) is 1.38. The molecule has 1 unspecified atom stereocenters. The van der Waals surface area contributed by atoms with E-state index in [1.165, 1.54) is 0 Å². The third kappa shape index (κ3) is 3.19. The summed E-state index contributed by atoms with van der Waals surface area (Å²) in [7, 11) is 0. The zero-order valence-electron chi connectivity index (χ0n) is 14.1. The molecule has 2 aliphatic heterocycles. The van der Waals surface area contributed by atoms with Crippen LogP contribution in [-0.2, 0) is 11.3 Å². The second kappa shape index (κ2) is 5.69. The van der Waals surface area contributed by atoms with E-state index in [4.69, 9.17) is 0 Å². The molecule has 1 N–H and O–H groups in total. The Kier molecular flexibility index (Phi) is 4.02. The maximum absolute atomic E-state index is 13.1. The average Bonchev–Trinajstić information content (AvgIpc) is 3.05. The molecule has 0 saturated carbocycles. The van der Waals surface area contributed by atoms with Crippen molar-refractivity contribution in [2.24, 2.45) is 10.8 Å². The highest BCUT2D eigenvalue weighted by molar-refractivity contribution is 5.84. The van der Waals surface area contributed by atoms with Gasteiger partial charge < -0.3 is 9.88 Å². The van der Waals surface area contributed by atoms with Gasteiger partial charge >= 0.3 is 0 Å². The number of aromatic nitrogens is 2. The second-order valence-electron chi connectivity index (χ2n) is 8.17. The molecule has 1 amide bonds. The van der Waals surface area contributed by atoms with E-state index in [9.17, 15) is 4.79 Å². The van der Waals surface area contributed by atoms with Crippen LogP contribution in [-0.4, -0.2) is 51.9 Å². The average molecular weight is 304 g/mol. The number of rotatable bonds is 3. The van der Waals surface area contributed by atoms with Crippen molar-refractivity contribution in [2.75, 3.05) is 26.2 Å². The molecule has 3 heterocycles. The number of hydrogen-bond donors (Lipinski definition) is 1. The van der Waals surface area contributed by atoms with Crippen LogP contribution in [0.4, 0.5) is 0 Å². The number of nitrogens with one attached hydrogen (secondary N) is 1. The normalized spacial score (nSPS) is 27.0. The number of piperidine rings is 1. The van der Waals surface area contributed by atoms with E-state index in [-0.39, 0.29) is 10.8 Å². The molecule has 1 atom stereocenters. The van der Waals surface area contributed by atoms with Crippen molar-refractivity contribution in [1.29, 1.82) is 0 Å². The van der Waals surface area contributed by atoms with Gasteiger partial charge in [0.2, 0.25) is 5.91 Å². The number of amides is 1. The number of likely N-dealkylation sites (tertiary alicyclic amines) is 2. The monoisotopic (exact) mass is 304 g/mol. The van der Waals surface area contributed by atoms with Crippen molar-refractivity contribution in [3.8, 4) is 0 Å². The standard InChI is InChI=1S/C17H28N4O/c1-16(2,3)12-21-9-4-5-17(15(21)22)6-10-20(13-17)11-14-18-7-8-19-14/h7-8H,4-6,9-13H2,1-3H3,(H,18,19). The van der Waals surface area contributed by atoms with E-state index in [2.05, 4.69) is 40.5 Å². The van der Waals surface area contributed by atoms with Crippen LogP contribution in [0.15, 0.2) is 12.4 Å². The highest BCUT2D eigenvalue weighted by Gasteiger charge is 2.48. The molecule has 0 radical (unpaired) electrons. The van der Waals surface area contributed by atoms with E-state index in [1.54, 1.807) is 6.20 Å². The summed E-state index contributed by atoms with van der Waals surface area (Å²) >= 11 is 0. The first-order chi connectivity index (χ1) is 10.4. The molecule has 3 rings (SSSR count). The van der Waals surface area contributed by atoms with Gasteiger partial charge in [0.05, 0.1) is 12.0 Å². The van der Waals surface area contributed by atoms with Crippen molar-refractivity contribution in [1.82, 2.24) is 19.8 Å². The molecular weight excluding hydrogens is 276 g/mol. The first kappa shape index (κ1) is 15.5.